The number of nitrogens with zero attached hydrogens (tertiary/aromatic N) is 2. The van der Waals surface area contributed by atoms with Gasteiger partial charge in [0, 0.05) is 30.7 Å². The zero-order valence-corrected chi connectivity index (χ0v) is 14.9. The number of carbonyl (C=O) groups is 1. The van der Waals surface area contributed by atoms with Gasteiger partial charge in [0.1, 0.15) is 5.69 Å². The van der Waals surface area contributed by atoms with Crippen LogP contribution in [0.4, 0.5) is 11.4 Å². The number of amides is 1. The predicted octanol–water partition coefficient (Wildman–Crippen LogP) is 4.52. The molecule has 0 aliphatic carbocycles. The monoisotopic (exact) mass is 325 g/mol. The largest absolute Gasteiger partial charge is 0.371 e. The van der Waals surface area contributed by atoms with Crippen molar-refractivity contribution in [2.24, 2.45) is 0 Å². The normalized spacial score (nSPS) is 10.5. The summed E-state index contributed by atoms with van der Waals surface area (Å²) < 4.78 is 0. The summed E-state index contributed by atoms with van der Waals surface area (Å²) in [4.78, 5) is 19.0. The van der Waals surface area contributed by atoms with Crippen LogP contribution in [0.3, 0.4) is 0 Å². The Morgan fingerprint density at radius 1 is 1.04 bits per heavy atom. The van der Waals surface area contributed by atoms with Crippen LogP contribution in [0.1, 0.15) is 49.7 Å². The highest BCUT2D eigenvalue weighted by atomic mass is 16.1. The molecular formula is C20H27N3O. The minimum absolute atomic E-state index is 0.172. The third-order valence-electron chi connectivity index (χ3n) is 3.95. The van der Waals surface area contributed by atoms with E-state index in [1.807, 2.05) is 36.4 Å². The minimum Gasteiger partial charge on any atom is -0.371 e. The van der Waals surface area contributed by atoms with Gasteiger partial charge in [-0.1, -0.05) is 32.9 Å². The summed E-state index contributed by atoms with van der Waals surface area (Å²) in [5.41, 5.74) is 3.55. The van der Waals surface area contributed by atoms with Gasteiger partial charge in [-0.15, -0.1) is 0 Å². The Labute approximate surface area is 144 Å². The molecule has 0 unspecified atom stereocenters. The Hall–Kier alpha value is -2.36. The van der Waals surface area contributed by atoms with Crippen molar-refractivity contribution in [2.75, 3.05) is 23.3 Å². The second kappa shape index (κ2) is 9.06. The number of aryl methyl sites for hydroxylation is 1. The van der Waals surface area contributed by atoms with E-state index in [-0.39, 0.29) is 5.91 Å². The predicted molar refractivity (Wildman–Crippen MR) is 101 cm³/mol. The zero-order valence-electron chi connectivity index (χ0n) is 14.9. The van der Waals surface area contributed by atoms with Crippen molar-refractivity contribution in [3.63, 3.8) is 0 Å². The lowest BCUT2D eigenvalue weighted by molar-refractivity contribution is 0.102. The summed E-state index contributed by atoms with van der Waals surface area (Å²) in [5.74, 6) is -0.172. The van der Waals surface area contributed by atoms with E-state index in [4.69, 9.17) is 0 Å². The van der Waals surface area contributed by atoms with Crippen LogP contribution in [-0.2, 0) is 6.42 Å². The maximum Gasteiger partial charge on any atom is 0.274 e. The van der Waals surface area contributed by atoms with Gasteiger partial charge in [-0.3, -0.25) is 9.78 Å². The fourth-order valence-corrected chi connectivity index (χ4v) is 2.67. The average Bonchev–Trinajstić information content (AvgIpc) is 2.62. The van der Waals surface area contributed by atoms with Gasteiger partial charge in [0.15, 0.2) is 0 Å². The third-order valence-corrected chi connectivity index (χ3v) is 3.95. The Morgan fingerprint density at radius 2 is 1.71 bits per heavy atom. The molecule has 0 saturated carbocycles. The third kappa shape index (κ3) is 4.82. The maximum atomic E-state index is 12.5. The summed E-state index contributed by atoms with van der Waals surface area (Å²) in [7, 11) is 0. The van der Waals surface area contributed by atoms with Gasteiger partial charge in [0.25, 0.3) is 5.91 Å². The van der Waals surface area contributed by atoms with Crippen LogP contribution < -0.4 is 10.2 Å². The van der Waals surface area contributed by atoms with Crippen molar-refractivity contribution >= 4 is 17.3 Å². The lowest BCUT2D eigenvalue weighted by Gasteiger charge is -2.23. The molecule has 0 aliphatic rings. The SMILES string of the molecule is CCCN(CCC)c1ccnc(C(=O)Nc2ccc(CC)cc2)c1. The van der Waals surface area contributed by atoms with Crippen molar-refractivity contribution in [3.8, 4) is 0 Å². The molecule has 0 radical (unpaired) electrons. The van der Waals surface area contributed by atoms with E-state index in [2.05, 4.69) is 36.0 Å². The molecular weight excluding hydrogens is 298 g/mol. The van der Waals surface area contributed by atoms with Crippen LogP contribution in [0, 0.1) is 0 Å². The molecule has 4 nitrogen and oxygen atoms in total. The quantitative estimate of drug-likeness (QED) is 0.776. The summed E-state index contributed by atoms with van der Waals surface area (Å²) in [6, 6.07) is 11.8. The molecule has 2 aromatic rings. The molecule has 0 spiro atoms. The Kier molecular flexibility index (Phi) is 6.79. The van der Waals surface area contributed by atoms with Gasteiger partial charge in [-0.05, 0) is 49.1 Å². The van der Waals surface area contributed by atoms with Gasteiger partial charge in [-0.2, -0.15) is 0 Å². The highest BCUT2D eigenvalue weighted by Gasteiger charge is 2.11. The van der Waals surface area contributed by atoms with Gasteiger partial charge in [0.2, 0.25) is 0 Å². The number of hydrogen-bond donors (Lipinski definition) is 1. The van der Waals surface area contributed by atoms with Crippen LogP contribution >= 0.6 is 0 Å². The smallest absolute Gasteiger partial charge is 0.274 e. The molecule has 24 heavy (non-hydrogen) atoms. The van der Waals surface area contributed by atoms with Crippen molar-refractivity contribution in [1.82, 2.24) is 4.98 Å². The standard InChI is InChI=1S/C20H27N3O/c1-4-13-23(14-5-2)18-11-12-21-19(15-18)20(24)22-17-9-7-16(6-3)8-10-17/h7-12,15H,4-6,13-14H2,1-3H3,(H,22,24). The fraction of sp³-hybridized carbons (Fsp3) is 0.400. The van der Waals surface area contributed by atoms with E-state index in [0.29, 0.717) is 5.69 Å². The first kappa shape index (κ1) is 18.0. The van der Waals surface area contributed by atoms with E-state index < -0.39 is 0 Å². The molecule has 1 heterocycles. The first-order valence-electron chi connectivity index (χ1n) is 8.79. The molecule has 0 bridgehead atoms. The molecule has 1 N–H and O–H groups in total. The molecule has 1 aromatic carbocycles. The van der Waals surface area contributed by atoms with E-state index in [1.54, 1.807) is 6.20 Å². The average molecular weight is 325 g/mol. The van der Waals surface area contributed by atoms with E-state index in [9.17, 15) is 4.79 Å². The van der Waals surface area contributed by atoms with Gasteiger partial charge < -0.3 is 10.2 Å². The Bertz CT molecular complexity index is 646. The number of nitrogens with one attached hydrogen (secondary N) is 1. The highest BCUT2D eigenvalue weighted by molar-refractivity contribution is 6.03. The molecule has 0 aliphatic heterocycles. The lowest BCUT2D eigenvalue weighted by atomic mass is 10.1. The number of benzene rings is 1. The Balaban J connectivity index is 2.12. The zero-order chi connectivity index (χ0) is 17.4. The van der Waals surface area contributed by atoms with Crippen LogP contribution in [0.5, 0.6) is 0 Å². The lowest BCUT2D eigenvalue weighted by Crippen LogP contribution is -2.25. The van der Waals surface area contributed by atoms with Crippen LogP contribution in [0.15, 0.2) is 42.6 Å². The molecule has 0 atom stereocenters. The van der Waals surface area contributed by atoms with E-state index >= 15 is 0 Å². The van der Waals surface area contributed by atoms with Crippen LogP contribution in [0.2, 0.25) is 0 Å². The van der Waals surface area contributed by atoms with E-state index in [0.717, 1.165) is 43.7 Å². The second-order valence-electron chi connectivity index (χ2n) is 5.89. The Morgan fingerprint density at radius 3 is 2.29 bits per heavy atom. The van der Waals surface area contributed by atoms with Crippen molar-refractivity contribution < 1.29 is 4.79 Å². The number of anilines is 2. The minimum atomic E-state index is -0.172. The number of carbonyl (C=O) groups excluding carboxylic acids is 1. The summed E-state index contributed by atoms with van der Waals surface area (Å²) >= 11 is 0. The van der Waals surface area contributed by atoms with Crippen LogP contribution in [0.25, 0.3) is 0 Å². The van der Waals surface area contributed by atoms with Crippen molar-refractivity contribution in [2.45, 2.75) is 40.0 Å². The topological polar surface area (TPSA) is 45.2 Å². The summed E-state index contributed by atoms with van der Waals surface area (Å²) in [5, 5.41) is 2.92. The van der Waals surface area contributed by atoms with Gasteiger partial charge >= 0.3 is 0 Å². The highest BCUT2D eigenvalue weighted by Crippen LogP contribution is 2.17. The molecule has 1 amide bonds. The number of pyridine rings is 1. The molecule has 128 valence electrons. The number of aromatic nitrogens is 1. The van der Waals surface area contributed by atoms with Crippen molar-refractivity contribution in [1.29, 1.82) is 0 Å². The maximum absolute atomic E-state index is 12.5. The first-order valence-corrected chi connectivity index (χ1v) is 8.79. The van der Waals surface area contributed by atoms with Gasteiger partial charge in [0.05, 0.1) is 0 Å². The first-order chi connectivity index (χ1) is 11.7. The summed E-state index contributed by atoms with van der Waals surface area (Å²) in [6.07, 6.45) is 4.85. The molecule has 0 saturated heterocycles. The molecule has 1 aromatic heterocycles. The van der Waals surface area contributed by atoms with Crippen molar-refractivity contribution in [3.05, 3.63) is 53.9 Å². The molecule has 2 rings (SSSR count). The van der Waals surface area contributed by atoms with Gasteiger partial charge in [-0.25, -0.2) is 0 Å². The summed E-state index contributed by atoms with van der Waals surface area (Å²) in [6.45, 7) is 8.41. The molecule has 4 heteroatoms. The fourth-order valence-electron chi connectivity index (χ4n) is 2.67. The molecule has 0 fully saturated rings. The van der Waals surface area contributed by atoms with Crippen LogP contribution in [-0.4, -0.2) is 24.0 Å². The van der Waals surface area contributed by atoms with E-state index in [1.165, 1.54) is 5.56 Å². The number of rotatable bonds is 8. The second-order valence-corrected chi connectivity index (χ2v) is 5.89. The number of hydrogen-bond acceptors (Lipinski definition) is 3.